The molecule has 0 spiro atoms. The van der Waals surface area contributed by atoms with Crippen molar-refractivity contribution in [2.45, 2.75) is 94.1 Å². The molecular formula is C51H54O11. The van der Waals surface area contributed by atoms with E-state index in [9.17, 15) is 0 Å². The van der Waals surface area contributed by atoms with Crippen LogP contribution in [0.3, 0.4) is 0 Å². The van der Waals surface area contributed by atoms with Gasteiger partial charge in [0.25, 0.3) is 0 Å². The second-order valence-electron chi connectivity index (χ2n) is 15.4. The smallest absolute Gasteiger partial charge is 0.187 e. The van der Waals surface area contributed by atoms with Crippen LogP contribution in [0.5, 0.6) is 0 Å². The number of hydrogen-bond acceptors (Lipinski definition) is 11. The van der Waals surface area contributed by atoms with Crippen molar-refractivity contribution in [1.82, 2.24) is 0 Å². The Labute approximate surface area is 364 Å². The molecule has 11 nitrogen and oxygen atoms in total. The summed E-state index contributed by atoms with van der Waals surface area (Å²) in [5, 5.41) is 0. The van der Waals surface area contributed by atoms with Crippen molar-refractivity contribution in [2.75, 3.05) is 26.9 Å². The van der Waals surface area contributed by atoms with Gasteiger partial charge in [-0.3, -0.25) is 0 Å². The lowest BCUT2D eigenvalue weighted by Crippen LogP contribution is -2.65. The molecule has 0 N–H and O–H groups in total. The second kappa shape index (κ2) is 22.5. The second-order valence-corrected chi connectivity index (χ2v) is 15.4. The van der Waals surface area contributed by atoms with Crippen LogP contribution in [0.1, 0.15) is 34.1 Å². The summed E-state index contributed by atoms with van der Waals surface area (Å²) in [7, 11) is 1.59. The van der Waals surface area contributed by atoms with Gasteiger partial charge < -0.3 is 52.1 Å². The van der Waals surface area contributed by atoms with Crippen LogP contribution in [0.2, 0.25) is 0 Å². The largest absolute Gasteiger partial charge is 0.368 e. The van der Waals surface area contributed by atoms with Gasteiger partial charge >= 0.3 is 0 Å². The van der Waals surface area contributed by atoms with Crippen LogP contribution < -0.4 is 0 Å². The topological polar surface area (TPSA) is 102 Å². The van der Waals surface area contributed by atoms with Gasteiger partial charge in [-0.2, -0.15) is 0 Å². The Balaban J connectivity index is 1.07. The van der Waals surface area contributed by atoms with Crippen LogP contribution in [0.4, 0.5) is 0 Å². The number of hydrogen-bond donors (Lipinski definition) is 0. The molecule has 3 fully saturated rings. The van der Waals surface area contributed by atoms with Gasteiger partial charge in [0.1, 0.15) is 55.4 Å². The number of ether oxygens (including phenoxy) is 11. The van der Waals surface area contributed by atoms with Crippen molar-refractivity contribution >= 4 is 0 Å². The van der Waals surface area contributed by atoms with E-state index in [1.54, 1.807) is 7.11 Å². The maximum atomic E-state index is 6.81. The van der Waals surface area contributed by atoms with Crippen molar-refractivity contribution in [3.8, 4) is 12.3 Å². The molecule has 5 aromatic rings. The normalized spacial score (nSPS) is 28.4. The van der Waals surface area contributed by atoms with Crippen molar-refractivity contribution in [2.24, 2.45) is 0 Å². The maximum Gasteiger partial charge on any atom is 0.187 e. The van der Waals surface area contributed by atoms with Gasteiger partial charge in [0.15, 0.2) is 18.9 Å². The van der Waals surface area contributed by atoms with Crippen LogP contribution in [-0.4, -0.2) is 88.3 Å². The molecule has 0 bridgehead atoms. The Morgan fingerprint density at radius 2 is 0.968 bits per heavy atom. The molecule has 3 aliphatic heterocycles. The monoisotopic (exact) mass is 842 g/mol. The molecule has 0 amide bonds. The molecule has 0 saturated carbocycles. The maximum absolute atomic E-state index is 6.81. The Morgan fingerprint density at radius 1 is 0.500 bits per heavy atom. The minimum atomic E-state index is -0.971. The van der Waals surface area contributed by atoms with E-state index in [0.717, 1.165) is 27.8 Å². The van der Waals surface area contributed by atoms with Crippen molar-refractivity contribution in [3.63, 3.8) is 0 Å². The third kappa shape index (κ3) is 11.4. The van der Waals surface area contributed by atoms with Gasteiger partial charge in [-0.25, -0.2) is 0 Å². The molecule has 11 heteroatoms. The lowest BCUT2D eigenvalue weighted by molar-refractivity contribution is -0.378. The minimum absolute atomic E-state index is 0.00630. The number of methoxy groups -OCH3 is 1. The summed E-state index contributed by atoms with van der Waals surface area (Å²) in [5.74, 6) is 2.61. The van der Waals surface area contributed by atoms with Crippen LogP contribution in [0.25, 0.3) is 0 Å². The third-order valence-electron chi connectivity index (χ3n) is 11.1. The first-order valence-electron chi connectivity index (χ1n) is 21.1. The average molecular weight is 843 g/mol. The summed E-state index contributed by atoms with van der Waals surface area (Å²) in [5.41, 5.74) is 4.85. The van der Waals surface area contributed by atoms with Crippen LogP contribution in [-0.2, 0) is 78.5 Å². The molecule has 0 aromatic heterocycles. The van der Waals surface area contributed by atoms with Gasteiger partial charge in [-0.1, -0.05) is 158 Å². The van der Waals surface area contributed by atoms with Crippen LogP contribution in [0.15, 0.2) is 152 Å². The molecule has 3 saturated heterocycles. The Morgan fingerprint density at radius 3 is 1.48 bits per heavy atom. The molecule has 5 aromatic carbocycles. The van der Waals surface area contributed by atoms with E-state index in [2.05, 4.69) is 5.92 Å². The summed E-state index contributed by atoms with van der Waals surface area (Å²) in [4.78, 5) is 0. The molecule has 62 heavy (non-hydrogen) atoms. The summed E-state index contributed by atoms with van der Waals surface area (Å²) in [6, 6.07) is 49.6. The van der Waals surface area contributed by atoms with Crippen molar-refractivity contribution in [1.29, 1.82) is 0 Å². The van der Waals surface area contributed by atoms with E-state index in [1.165, 1.54) is 0 Å². The lowest BCUT2D eigenvalue weighted by Gasteiger charge is -2.49. The molecular weight excluding hydrogens is 789 g/mol. The minimum Gasteiger partial charge on any atom is -0.368 e. The Hall–Kier alpha value is -4.78. The van der Waals surface area contributed by atoms with E-state index < -0.39 is 67.7 Å². The molecule has 11 atom stereocenters. The van der Waals surface area contributed by atoms with Crippen LogP contribution in [0, 0.1) is 12.3 Å². The molecule has 0 radical (unpaired) electrons. The first-order valence-corrected chi connectivity index (χ1v) is 21.1. The van der Waals surface area contributed by atoms with Gasteiger partial charge in [0.2, 0.25) is 0 Å². The van der Waals surface area contributed by atoms with E-state index in [4.69, 9.17) is 58.5 Å². The van der Waals surface area contributed by atoms with Gasteiger partial charge in [0.05, 0.1) is 39.6 Å². The Bertz CT molecular complexity index is 2070. The number of benzene rings is 5. The summed E-state index contributed by atoms with van der Waals surface area (Å²) in [6.45, 7) is 1.38. The van der Waals surface area contributed by atoms with E-state index in [0.29, 0.717) is 19.8 Å². The zero-order valence-corrected chi connectivity index (χ0v) is 34.8. The fourth-order valence-electron chi connectivity index (χ4n) is 8.00. The van der Waals surface area contributed by atoms with Crippen molar-refractivity contribution in [3.05, 3.63) is 179 Å². The Kier molecular flexibility index (Phi) is 15.9. The first kappa shape index (κ1) is 43.9. The zero-order valence-electron chi connectivity index (χ0n) is 34.8. The van der Waals surface area contributed by atoms with Gasteiger partial charge in [-0.15, -0.1) is 6.42 Å². The highest BCUT2D eigenvalue weighted by Crippen LogP contribution is 2.38. The summed E-state index contributed by atoms with van der Waals surface area (Å²) < 4.78 is 72.4. The standard InChI is InChI=1S/C51H54O11/c1-3-29-53-48-46(56-32-38-23-13-6-14-24-38)44-42(35-58-49(62-44)40-27-17-8-18-28-40)61-51(48)59-34-41-43(54-30-36-19-9-4-10-20-36)45(55-31-37-21-11-5-12-22-37)47(50(52-2)60-41)57-33-39-25-15-7-16-26-39/h1,4-28,41-51H,29-35H2,2H3/t41-,42-,43-,44-,45+,46+,47-,48+,49-,50+,51-/m1/s1. The van der Waals surface area contributed by atoms with Gasteiger partial charge in [0, 0.05) is 12.7 Å². The molecule has 324 valence electrons. The van der Waals surface area contributed by atoms with Crippen molar-refractivity contribution < 1.29 is 52.1 Å². The average Bonchev–Trinajstić information content (AvgIpc) is 3.34. The predicted octanol–water partition coefficient (Wildman–Crippen LogP) is 7.57. The molecule has 3 heterocycles. The van der Waals surface area contributed by atoms with Crippen LogP contribution >= 0.6 is 0 Å². The SMILES string of the molecule is C#CCO[C@@H]1[C@H](OC[C@H]2O[C@H](OC)[C@H](OCc3ccccc3)[C@@H](OCc3ccccc3)[C@@H]2OCc2ccccc2)O[C@@H]2CO[C@@H](c3ccccc3)O[C@H]2[C@@H]1OCc1ccccc1. The third-order valence-corrected chi connectivity index (χ3v) is 11.1. The lowest BCUT2D eigenvalue weighted by atomic mass is 9.96. The van der Waals surface area contributed by atoms with E-state index in [-0.39, 0.29) is 26.4 Å². The number of rotatable bonds is 19. The predicted molar refractivity (Wildman–Crippen MR) is 229 cm³/mol. The van der Waals surface area contributed by atoms with E-state index in [1.807, 2.05) is 152 Å². The zero-order chi connectivity index (χ0) is 42.4. The highest BCUT2D eigenvalue weighted by Gasteiger charge is 2.53. The number of fused-ring (bicyclic) bond motifs is 1. The van der Waals surface area contributed by atoms with Gasteiger partial charge in [-0.05, 0) is 22.3 Å². The highest BCUT2D eigenvalue weighted by atomic mass is 16.8. The summed E-state index contributed by atoms with van der Waals surface area (Å²) >= 11 is 0. The van der Waals surface area contributed by atoms with E-state index >= 15 is 0 Å². The molecule has 0 aliphatic carbocycles. The molecule has 8 rings (SSSR count). The fraction of sp³-hybridized carbons (Fsp3) is 0.373. The quantitative estimate of drug-likeness (QED) is 0.0770. The fourth-order valence-corrected chi connectivity index (χ4v) is 8.00. The number of terminal acetylenes is 1. The molecule has 3 aliphatic rings. The highest BCUT2D eigenvalue weighted by molar-refractivity contribution is 5.18. The first-order chi connectivity index (χ1) is 30.7. The molecule has 0 unspecified atom stereocenters. The summed E-state index contributed by atoms with van der Waals surface area (Å²) in [6.07, 6.45) is -2.01.